The zero-order valence-electron chi connectivity index (χ0n) is 20.3. The zero-order valence-corrected chi connectivity index (χ0v) is 20.3. The van der Waals surface area contributed by atoms with Gasteiger partial charge in [0.2, 0.25) is 5.69 Å². The van der Waals surface area contributed by atoms with Gasteiger partial charge in [-0.25, -0.2) is 4.79 Å². The van der Waals surface area contributed by atoms with Gasteiger partial charge in [0, 0.05) is 12.6 Å². The average molecular weight is 476 g/mol. The van der Waals surface area contributed by atoms with Gasteiger partial charge in [-0.05, 0) is 48.6 Å². The quantitative estimate of drug-likeness (QED) is 0.309. The number of esters is 1. The Balaban J connectivity index is 1.88. The number of nitrogens with zero attached hydrogens (tertiary/aromatic N) is 2. The van der Waals surface area contributed by atoms with Crippen LogP contribution in [0.5, 0.6) is 5.75 Å². The van der Waals surface area contributed by atoms with Crippen molar-refractivity contribution in [1.29, 1.82) is 0 Å². The number of hydrogen-bond acceptors (Lipinski definition) is 8. The first-order valence-corrected chi connectivity index (χ1v) is 11.6. The van der Waals surface area contributed by atoms with Gasteiger partial charge in [0.25, 0.3) is 0 Å². The van der Waals surface area contributed by atoms with Crippen molar-refractivity contribution in [2.45, 2.75) is 46.8 Å². The normalized spacial score (nSPS) is 11.1. The summed E-state index contributed by atoms with van der Waals surface area (Å²) < 4.78 is 22.8. The minimum atomic E-state index is -0.619. The third-order valence-corrected chi connectivity index (χ3v) is 5.65. The van der Waals surface area contributed by atoms with E-state index in [4.69, 9.17) is 24.3 Å². The molecule has 0 aliphatic rings. The Bertz CT molecular complexity index is 1310. The van der Waals surface area contributed by atoms with Gasteiger partial charge < -0.3 is 24.3 Å². The summed E-state index contributed by atoms with van der Waals surface area (Å²) in [5, 5.41) is 8.03. The fourth-order valence-corrected chi connectivity index (χ4v) is 3.92. The van der Waals surface area contributed by atoms with E-state index in [1.165, 1.54) is 0 Å². The predicted molar refractivity (Wildman–Crippen MR) is 131 cm³/mol. The van der Waals surface area contributed by atoms with Crippen LogP contribution in [0.3, 0.4) is 0 Å². The Kier molecular flexibility index (Phi) is 7.31. The molecule has 182 valence electrons. The lowest BCUT2D eigenvalue weighted by atomic mass is 9.93. The second kappa shape index (κ2) is 10.6. The molecular weight excluding hydrogens is 446 g/mol. The Morgan fingerprint density at radius 1 is 1.09 bits per heavy atom. The highest BCUT2D eigenvalue weighted by molar-refractivity contribution is 5.99. The van der Waals surface area contributed by atoms with Crippen LogP contribution in [0, 0.1) is 6.92 Å². The Labute approximate surface area is 204 Å². The minimum absolute atomic E-state index is 0.00209. The molecule has 4 aromatic rings. The molecule has 0 saturated carbocycles. The molecule has 8 nitrogen and oxygen atoms in total. The topological polar surface area (TPSA) is 114 Å². The maximum Gasteiger partial charge on any atom is 0.361 e. The van der Waals surface area contributed by atoms with Crippen molar-refractivity contribution in [1.82, 2.24) is 10.3 Å². The van der Waals surface area contributed by atoms with Gasteiger partial charge in [0.1, 0.15) is 17.9 Å². The summed E-state index contributed by atoms with van der Waals surface area (Å²) in [5.74, 6) is 0.874. The molecule has 0 fully saturated rings. The number of aryl methyl sites for hydroxylation is 1. The molecule has 0 aliphatic heterocycles. The van der Waals surface area contributed by atoms with E-state index in [-0.39, 0.29) is 24.8 Å². The molecule has 0 aliphatic carbocycles. The third kappa shape index (κ3) is 5.12. The highest BCUT2D eigenvalue weighted by Gasteiger charge is 2.30. The van der Waals surface area contributed by atoms with Crippen molar-refractivity contribution in [2.75, 3.05) is 6.61 Å². The molecule has 2 aromatic heterocycles. The smallest absolute Gasteiger partial charge is 0.361 e. The van der Waals surface area contributed by atoms with Crippen molar-refractivity contribution < 1.29 is 23.3 Å². The van der Waals surface area contributed by atoms with Gasteiger partial charge in [0.05, 0.1) is 17.9 Å². The molecule has 8 heteroatoms. The van der Waals surface area contributed by atoms with Gasteiger partial charge in [0.15, 0.2) is 11.5 Å². The first-order valence-electron chi connectivity index (χ1n) is 11.6. The number of ether oxygens (including phenoxy) is 2. The first kappa shape index (κ1) is 24.2. The van der Waals surface area contributed by atoms with E-state index in [1.807, 2.05) is 49.4 Å². The van der Waals surface area contributed by atoms with Crippen molar-refractivity contribution >= 4 is 5.97 Å². The third-order valence-electron chi connectivity index (χ3n) is 5.65. The predicted octanol–water partition coefficient (Wildman–Crippen LogP) is 5.64. The molecular formula is C27H29N3O5. The van der Waals surface area contributed by atoms with Gasteiger partial charge in [-0.1, -0.05) is 54.5 Å². The first-order chi connectivity index (χ1) is 16.9. The largest absolute Gasteiger partial charge is 0.488 e. The molecule has 2 heterocycles. The number of hydrogen-bond donors (Lipinski definition) is 1. The van der Waals surface area contributed by atoms with Crippen LogP contribution in [0.4, 0.5) is 0 Å². The van der Waals surface area contributed by atoms with E-state index in [9.17, 15) is 4.79 Å². The molecule has 0 bridgehead atoms. The molecule has 35 heavy (non-hydrogen) atoms. The number of carbonyl (C=O) groups excluding carboxylic acids is 1. The Hall–Kier alpha value is -3.91. The average Bonchev–Trinajstić information content (AvgIpc) is 3.50. The van der Waals surface area contributed by atoms with Gasteiger partial charge >= 0.3 is 5.97 Å². The number of carbonyl (C=O) groups is 1. The lowest BCUT2D eigenvalue weighted by molar-refractivity contribution is 0.0515. The number of benzene rings is 2. The molecule has 0 saturated heterocycles. The SMILES string of the molecule is CCOC(=O)c1noc(-c2cc(C(C)C)c(C)cc2OCc2ccccc2)c1-c1cc(CN)no1. The zero-order chi connectivity index (χ0) is 24.9. The van der Waals surface area contributed by atoms with Crippen molar-refractivity contribution in [2.24, 2.45) is 5.73 Å². The van der Waals surface area contributed by atoms with Crippen molar-refractivity contribution in [3.63, 3.8) is 0 Å². The summed E-state index contributed by atoms with van der Waals surface area (Å²) in [6, 6.07) is 15.5. The molecule has 0 unspecified atom stereocenters. The standard InChI is InChI=1S/C27H29N3O5/c1-5-32-27(31)25-24(23-12-19(14-28)29-34-23)26(35-30-25)21-13-20(16(2)3)17(4)11-22(21)33-15-18-9-7-6-8-10-18/h6-13,16H,5,14-15,28H2,1-4H3. The van der Waals surface area contributed by atoms with Gasteiger partial charge in [-0.3, -0.25) is 0 Å². The number of rotatable bonds is 9. The maximum absolute atomic E-state index is 12.7. The number of nitrogens with two attached hydrogens (primary N) is 1. The van der Waals surface area contributed by atoms with Crippen LogP contribution < -0.4 is 10.5 Å². The molecule has 0 radical (unpaired) electrons. The summed E-state index contributed by atoms with van der Waals surface area (Å²) in [6.07, 6.45) is 0. The Morgan fingerprint density at radius 3 is 2.51 bits per heavy atom. The maximum atomic E-state index is 12.7. The highest BCUT2D eigenvalue weighted by atomic mass is 16.5. The molecule has 0 atom stereocenters. The second-order valence-electron chi connectivity index (χ2n) is 8.48. The van der Waals surface area contributed by atoms with Crippen LogP contribution in [-0.2, 0) is 17.9 Å². The lowest BCUT2D eigenvalue weighted by Crippen LogP contribution is -2.06. The van der Waals surface area contributed by atoms with Crippen LogP contribution >= 0.6 is 0 Å². The second-order valence-corrected chi connectivity index (χ2v) is 8.48. The minimum Gasteiger partial charge on any atom is -0.488 e. The summed E-state index contributed by atoms with van der Waals surface area (Å²) in [4.78, 5) is 12.7. The van der Waals surface area contributed by atoms with Gasteiger partial charge in [-0.2, -0.15) is 0 Å². The summed E-state index contributed by atoms with van der Waals surface area (Å²) in [5.41, 5.74) is 10.5. The van der Waals surface area contributed by atoms with E-state index in [0.29, 0.717) is 40.7 Å². The molecule has 0 amide bonds. The molecule has 4 rings (SSSR count). The highest BCUT2D eigenvalue weighted by Crippen LogP contribution is 2.42. The monoisotopic (exact) mass is 475 g/mol. The lowest BCUT2D eigenvalue weighted by Gasteiger charge is -2.17. The van der Waals surface area contributed by atoms with Crippen LogP contribution in [0.2, 0.25) is 0 Å². The van der Waals surface area contributed by atoms with E-state index in [1.54, 1.807) is 13.0 Å². The van der Waals surface area contributed by atoms with E-state index >= 15 is 0 Å². The fourth-order valence-electron chi connectivity index (χ4n) is 3.92. The van der Waals surface area contributed by atoms with Gasteiger partial charge in [-0.15, -0.1) is 0 Å². The summed E-state index contributed by atoms with van der Waals surface area (Å²) in [7, 11) is 0. The number of aromatic nitrogens is 2. The van der Waals surface area contributed by atoms with E-state index in [2.05, 4.69) is 24.2 Å². The van der Waals surface area contributed by atoms with Crippen molar-refractivity contribution in [3.05, 3.63) is 76.6 Å². The Morgan fingerprint density at radius 2 is 1.86 bits per heavy atom. The molecule has 2 aromatic carbocycles. The van der Waals surface area contributed by atoms with E-state index in [0.717, 1.165) is 16.7 Å². The van der Waals surface area contributed by atoms with E-state index < -0.39 is 5.97 Å². The molecule has 2 N–H and O–H groups in total. The fraction of sp³-hybridized carbons (Fsp3) is 0.296. The van der Waals surface area contributed by atoms with Crippen LogP contribution in [0.1, 0.15) is 59.6 Å². The molecule has 0 spiro atoms. The van der Waals surface area contributed by atoms with Crippen molar-refractivity contribution in [3.8, 4) is 28.4 Å². The van der Waals surface area contributed by atoms with Crippen LogP contribution in [0.15, 0.2) is 57.6 Å². The van der Waals surface area contributed by atoms with Crippen LogP contribution in [-0.4, -0.2) is 22.9 Å². The summed E-state index contributed by atoms with van der Waals surface area (Å²) >= 11 is 0. The van der Waals surface area contributed by atoms with Crippen LogP contribution in [0.25, 0.3) is 22.6 Å². The summed E-state index contributed by atoms with van der Waals surface area (Å²) in [6.45, 7) is 8.75.